The number of methoxy groups -OCH3 is 4. The third-order valence-corrected chi connectivity index (χ3v) is 18.7. The number of phenols is 2. The summed E-state index contributed by atoms with van der Waals surface area (Å²) < 4.78 is 50.4. The van der Waals surface area contributed by atoms with Crippen LogP contribution in [0.3, 0.4) is 0 Å². The Bertz CT molecular complexity index is 4140. The number of hydrogen-bond acceptors (Lipinski definition) is 20. The molecule has 0 aromatic heterocycles. The minimum absolute atomic E-state index is 0. The number of alkyl halides is 2. The van der Waals surface area contributed by atoms with Gasteiger partial charge in [-0.3, -0.25) is 9.59 Å². The monoisotopic (exact) mass is 1910 g/mol. The molecule has 0 radical (unpaired) electrons. The maximum Gasteiger partial charge on any atom is 1.00 e. The molecule has 21 nitrogen and oxygen atoms in total. The topological polar surface area (TPSA) is 307 Å². The largest absolute Gasteiger partial charge is 1.00 e. The van der Waals surface area contributed by atoms with Gasteiger partial charge in [-0.05, 0) is 146 Å². The zero-order valence-corrected chi connectivity index (χ0v) is 82.6. The number of carbonyl (C=O) groups excluding carboxylic acids is 5. The minimum atomic E-state index is -1.67. The van der Waals surface area contributed by atoms with Gasteiger partial charge in [0, 0.05) is 115 Å². The number of hydrogen-bond donors (Lipinski definition) is 4. The number of phenolic OH excluding ortho intramolecular Hbond substituents is 2. The van der Waals surface area contributed by atoms with Gasteiger partial charge in [-0.2, -0.15) is 0 Å². The van der Waals surface area contributed by atoms with Gasteiger partial charge in [0.05, 0.1) is 40.9 Å². The molecule has 4 unspecified atom stereocenters. The van der Waals surface area contributed by atoms with Crippen molar-refractivity contribution in [2.24, 2.45) is 0 Å². The number of halogens is 10. The Morgan fingerprint density at radius 2 is 0.939 bits per heavy atom. The van der Waals surface area contributed by atoms with Crippen molar-refractivity contribution in [3.63, 3.8) is 0 Å². The van der Waals surface area contributed by atoms with Gasteiger partial charge in [-0.1, -0.05) is 163 Å². The average molecular weight is 1920 g/mol. The van der Waals surface area contributed by atoms with E-state index in [1.165, 1.54) is 64.3 Å². The molecule has 6 aromatic rings. The van der Waals surface area contributed by atoms with Crippen molar-refractivity contribution in [2.75, 3.05) is 40.4 Å². The van der Waals surface area contributed by atoms with Crippen molar-refractivity contribution in [2.45, 2.75) is 157 Å². The van der Waals surface area contributed by atoms with Crippen LogP contribution in [0.15, 0.2) is 120 Å². The summed E-state index contributed by atoms with van der Waals surface area (Å²) in [7, 11) is 12.5. The molecule has 3 heterocycles. The number of rotatable bonds is 13. The van der Waals surface area contributed by atoms with Crippen molar-refractivity contribution in [1.82, 2.24) is 0 Å². The minimum Gasteiger partial charge on any atom is -1.00 e. The molecule has 0 bridgehead atoms. The van der Waals surface area contributed by atoms with Crippen LogP contribution >= 0.6 is 119 Å². The number of carboxylic acid groups (broad SMARTS) is 1. The number of aliphatic hydroxyl groups is 1. The number of aromatic hydroxyl groups is 2. The first kappa shape index (κ1) is 120. The second kappa shape index (κ2) is 60.3. The molecule has 0 saturated carbocycles. The molecule has 4 atom stereocenters. The second-order valence-electron chi connectivity index (χ2n) is 25.7. The quantitative estimate of drug-likeness (QED) is 0.00961. The zero-order valence-electron chi connectivity index (χ0n) is 69.2. The summed E-state index contributed by atoms with van der Waals surface area (Å²) >= 11 is 44.6. The van der Waals surface area contributed by atoms with E-state index in [0.29, 0.717) is 65.8 Å². The van der Waals surface area contributed by atoms with E-state index in [9.17, 15) is 34.5 Å². The predicted molar refractivity (Wildman–Crippen MR) is 456 cm³/mol. The first-order chi connectivity index (χ1) is 51.2. The van der Waals surface area contributed by atoms with Gasteiger partial charge < -0.3 is 71.3 Å². The standard InChI is InChI=1S/3C13H15ClO3.C12H14Cl2O.C12H15ClO2.C8H7ClO3.C5H9Br.CH2O3.CH2O2.Al.Cl2OS.2K.Li.2H2.5H/c1-7-13(2,3)10-6-8(14)5-9(11(10)17-7)12(15)16-4;1-7(2)8(3)10-5-9(14)6-11(12(10)15)13(16)17-4;1-9(2)6-7-17-12-5-4-10(14)8-11(12)13(15)16-3;1-7-12(2,3)10-5-9(14)4-8(6-13)11(10)15-7;1-7-12(2,3)10-5-9(13)4-8(6-14)11(10)15-7;1-12-8(11)6-4-5(9)2-3-7(6)10;1-5(2)3-4-6;2-1-4-3;2-1-3;;1-4(2)3;;;;;;;;;;/h5-7H,1-4H3;5-6,8,15H,1H2,2-4H3;4-6,8H,7H2,1-3H3;4-5,7H,6H2,1-3H3;4-5,7,14H,6H2,1-3H3;2-4,10H,1H3;3H,4H2,1-2H3;1,3H;1H,(H,2,3);;;;;;2*1H;;;;;/q;;;;;;;;;;;3*+1;;;;;;2*-1/p-1/i;;;;;;;;;;;;;;2*1+1;;;;;. The molecule has 0 fully saturated rings. The number of aliphatic hydroxyl groups excluding tert-OH is 1. The zero-order chi connectivity index (χ0) is 85.1. The SMILES string of the molecule is C=C(C)C(C)c1cc(Cl)cc(C(=O)OC)c1O.CC(C)=CCBr.CC1Oc2c(CCl)cc(Cl)cc2C1(C)C.CC1Oc2c(CO)cc(Cl)cc2C1(C)C.COC(=O)c1cc(Cl)cc2c1OC(C)C2(C)C.COC(=O)c1cc(Cl)ccc1O.COC(=O)c1cc(Cl)ccc1OCC=C(C)C.O=CO.O=CO[O-].O=S(Cl)Cl.[2HH].[2HH].[AlH3].[H-].[H-].[K+].[K+].[Li+]. The van der Waals surface area contributed by atoms with Crippen molar-refractivity contribution in [1.29, 1.82) is 0 Å². The number of allylic oxidation sites excluding steroid dienone is 4. The summed E-state index contributed by atoms with van der Waals surface area (Å²) in [5, 5.41) is 47.9. The number of benzene rings is 6. The van der Waals surface area contributed by atoms with E-state index in [2.05, 4.69) is 131 Å². The van der Waals surface area contributed by atoms with Gasteiger partial charge in [0.15, 0.2) is 17.4 Å². The Kier molecular flexibility index (Phi) is 63.6. The van der Waals surface area contributed by atoms with Gasteiger partial charge >= 0.3 is 146 Å². The van der Waals surface area contributed by atoms with Crippen molar-refractivity contribution in [3.05, 3.63) is 206 Å². The van der Waals surface area contributed by atoms with Crippen molar-refractivity contribution >= 4 is 182 Å². The van der Waals surface area contributed by atoms with Crippen LogP contribution in [0.2, 0.25) is 30.1 Å². The second-order valence-corrected chi connectivity index (χ2v) is 31.7. The Morgan fingerprint density at radius 1 is 0.605 bits per heavy atom. The first-order valence-electron chi connectivity index (χ1n) is 32.7. The molecule has 0 spiro atoms. The summed E-state index contributed by atoms with van der Waals surface area (Å²) in [6.45, 7) is 34.4. The van der Waals surface area contributed by atoms with Crippen LogP contribution in [0.4, 0.5) is 0 Å². The molecule has 36 heteroatoms. The molecule has 9 rings (SSSR count). The number of esters is 4. The summed E-state index contributed by atoms with van der Waals surface area (Å²) in [4.78, 5) is 65.2. The van der Waals surface area contributed by atoms with Crippen molar-refractivity contribution in [3.8, 4) is 34.5 Å². The predicted octanol–water partition coefficient (Wildman–Crippen LogP) is 11.1. The van der Waals surface area contributed by atoms with Crippen LogP contribution < -0.4 is 146 Å². The van der Waals surface area contributed by atoms with E-state index in [1.54, 1.807) is 30.3 Å². The molecule has 3 aliphatic heterocycles. The van der Waals surface area contributed by atoms with E-state index < -0.39 is 33.1 Å². The van der Waals surface area contributed by atoms with E-state index in [1.807, 2.05) is 71.9 Å². The molecule has 0 saturated heterocycles. The van der Waals surface area contributed by atoms with Crippen LogP contribution in [-0.2, 0) is 71.4 Å². The van der Waals surface area contributed by atoms with Crippen molar-refractivity contribution < 1.29 is 229 Å². The van der Waals surface area contributed by atoms with E-state index >= 15 is 0 Å². The van der Waals surface area contributed by atoms with E-state index in [-0.39, 0.29) is 227 Å². The Labute approximate surface area is 837 Å². The molecule has 622 valence electrons. The third-order valence-electron chi connectivity index (χ3n) is 16.7. The summed E-state index contributed by atoms with van der Waals surface area (Å²) in [6.07, 6.45) is 4.32. The van der Waals surface area contributed by atoms with Gasteiger partial charge in [0.25, 0.3) is 12.9 Å². The van der Waals surface area contributed by atoms with Gasteiger partial charge in [-0.15, -0.1) is 11.6 Å². The smallest absolute Gasteiger partial charge is 1.00 e. The van der Waals surface area contributed by atoms with Gasteiger partial charge in [0.2, 0.25) is 9.23 Å². The fourth-order valence-corrected chi connectivity index (χ4v) is 11.6. The third kappa shape index (κ3) is 39.3. The first-order valence-corrected chi connectivity index (χ1v) is 39.4. The van der Waals surface area contributed by atoms with Crippen LogP contribution in [0.1, 0.15) is 190 Å². The summed E-state index contributed by atoms with van der Waals surface area (Å²) in [6, 6.07) is 23.0. The number of fused-ring (bicyclic) bond motifs is 3. The van der Waals surface area contributed by atoms with Crippen LogP contribution in [-0.4, -0.2) is 138 Å². The Hall–Kier alpha value is -2.28. The normalized spacial score (nSPS) is 14.2. The maximum atomic E-state index is 11.7. The fraction of sp³-hybridized carbons (Fsp3) is 0.385. The molecular weight excluding hydrogens is 1820 g/mol. The average Bonchev–Trinajstić information content (AvgIpc) is 1.62. The van der Waals surface area contributed by atoms with E-state index in [0.717, 1.165) is 60.8 Å². The van der Waals surface area contributed by atoms with Crippen LogP contribution in [0, 0.1) is 0 Å². The maximum absolute atomic E-state index is 11.7. The Morgan fingerprint density at radius 3 is 1.32 bits per heavy atom. The Balaban J connectivity index is -0.000000164. The number of ether oxygens (including phenoxy) is 8. The molecule has 4 N–H and O–H groups in total. The molecule has 114 heavy (non-hydrogen) atoms. The van der Waals surface area contributed by atoms with Gasteiger partial charge in [0.1, 0.15) is 81.7 Å². The molecule has 6 aromatic carbocycles. The van der Waals surface area contributed by atoms with E-state index in [4.69, 9.17) is 129 Å². The molecular formula is C78H102AlBrCl9K2LiO21S. The van der Waals surface area contributed by atoms with Gasteiger partial charge in [-0.25, -0.2) is 23.4 Å². The fourth-order valence-electron chi connectivity index (χ4n) is 9.46. The summed E-state index contributed by atoms with van der Waals surface area (Å²) in [5.41, 5.74) is 9.60. The summed E-state index contributed by atoms with van der Waals surface area (Å²) in [5.74, 6) is 0.818. The molecule has 0 aliphatic carbocycles. The van der Waals surface area contributed by atoms with Crippen LogP contribution in [0.25, 0.3) is 0 Å². The number of carbonyl (C=O) groups is 6. The molecule has 0 amide bonds. The van der Waals surface area contributed by atoms with Crippen LogP contribution in [0.5, 0.6) is 34.5 Å². The molecule has 3 aliphatic rings.